The van der Waals surface area contributed by atoms with Gasteiger partial charge in [0.25, 0.3) is 0 Å². The number of nitrogens with one attached hydrogen (secondary N) is 1. The van der Waals surface area contributed by atoms with Crippen molar-refractivity contribution < 1.29 is 0 Å². The molecule has 0 bridgehead atoms. The van der Waals surface area contributed by atoms with Gasteiger partial charge in [-0.15, -0.1) is 0 Å². The largest absolute Gasteiger partial charge is 0.301 e. The molecule has 1 nitrogen and oxygen atoms in total. The summed E-state index contributed by atoms with van der Waals surface area (Å²) in [5, 5.41) is 0. The van der Waals surface area contributed by atoms with Gasteiger partial charge in [-0.3, -0.25) is 0 Å². The lowest BCUT2D eigenvalue weighted by atomic mass is 9.95. The van der Waals surface area contributed by atoms with Gasteiger partial charge in [-0.25, -0.2) is 0 Å². The molecule has 0 aliphatic carbocycles. The maximum Gasteiger partial charge on any atom is 0.0545 e. The van der Waals surface area contributed by atoms with Gasteiger partial charge in [0.1, 0.15) is 0 Å². The summed E-state index contributed by atoms with van der Waals surface area (Å²) in [6, 6.07) is 6.13. The lowest BCUT2D eigenvalue weighted by Gasteiger charge is -2.11. The zero-order valence-corrected chi connectivity index (χ0v) is 8.89. The highest BCUT2D eigenvalue weighted by molar-refractivity contribution is 5.43. The molecule has 1 rings (SSSR count). The van der Waals surface area contributed by atoms with Crippen molar-refractivity contribution in [2.45, 2.75) is 39.5 Å². The van der Waals surface area contributed by atoms with E-state index >= 15 is 0 Å². The SMILES string of the molecule is CC(C)c1cc([NH])cc(C(C)C)c1. The van der Waals surface area contributed by atoms with Crippen LogP contribution in [0, 0.1) is 0 Å². The molecule has 0 aliphatic rings. The molecular weight excluding hydrogens is 158 g/mol. The van der Waals surface area contributed by atoms with Crippen molar-refractivity contribution in [2.75, 3.05) is 0 Å². The van der Waals surface area contributed by atoms with Gasteiger partial charge in [0.05, 0.1) is 5.69 Å². The van der Waals surface area contributed by atoms with Gasteiger partial charge in [-0.1, -0.05) is 33.8 Å². The maximum absolute atomic E-state index is 7.66. The van der Waals surface area contributed by atoms with Crippen LogP contribution >= 0.6 is 0 Å². The minimum absolute atomic E-state index is 0.516. The molecule has 0 amide bonds. The molecule has 0 heterocycles. The van der Waals surface area contributed by atoms with Gasteiger partial charge >= 0.3 is 0 Å². The molecule has 13 heavy (non-hydrogen) atoms. The van der Waals surface area contributed by atoms with Crippen molar-refractivity contribution >= 4 is 5.69 Å². The van der Waals surface area contributed by atoms with Gasteiger partial charge < -0.3 is 5.73 Å². The minimum atomic E-state index is 0.516. The first-order valence-electron chi connectivity index (χ1n) is 4.87. The summed E-state index contributed by atoms with van der Waals surface area (Å²) in [5.74, 6) is 1.03. The third-order valence-electron chi connectivity index (χ3n) is 2.31. The Morgan fingerprint density at radius 1 is 0.846 bits per heavy atom. The summed E-state index contributed by atoms with van der Waals surface area (Å²) in [4.78, 5) is 0. The molecule has 1 heteroatoms. The summed E-state index contributed by atoms with van der Waals surface area (Å²) in [7, 11) is 0. The van der Waals surface area contributed by atoms with Crippen LogP contribution in [0.1, 0.15) is 50.7 Å². The van der Waals surface area contributed by atoms with E-state index in [9.17, 15) is 0 Å². The third-order valence-corrected chi connectivity index (χ3v) is 2.31. The first kappa shape index (κ1) is 10.1. The number of rotatable bonds is 2. The van der Waals surface area contributed by atoms with Crippen molar-refractivity contribution in [3.05, 3.63) is 29.3 Å². The molecule has 0 unspecified atom stereocenters. The second kappa shape index (κ2) is 3.82. The smallest absolute Gasteiger partial charge is 0.0545 e. The number of hydrogen-bond donors (Lipinski definition) is 0. The lowest BCUT2D eigenvalue weighted by molar-refractivity contribution is 0.833. The molecule has 0 aromatic heterocycles. The van der Waals surface area contributed by atoms with Crippen LogP contribution in [-0.4, -0.2) is 0 Å². The van der Waals surface area contributed by atoms with Crippen LogP contribution < -0.4 is 5.73 Å². The summed E-state index contributed by atoms with van der Waals surface area (Å²) in [6.07, 6.45) is 0. The maximum atomic E-state index is 7.66. The average Bonchev–Trinajstić information content (AvgIpc) is 2.03. The normalized spacial score (nSPS) is 11.2. The van der Waals surface area contributed by atoms with Crippen LogP contribution in [0.3, 0.4) is 0 Å². The predicted octanol–water partition coefficient (Wildman–Crippen LogP) is 3.85. The van der Waals surface area contributed by atoms with Crippen molar-refractivity contribution in [1.82, 2.24) is 5.73 Å². The first-order chi connectivity index (χ1) is 6.00. The van der Waals surface area contributed by atoms with Crippen molar-refractivity contribution in [1.29, 1.82) is 0 Å². The molecule has 0 saturated heterocycles. The van der Waals surface area contributed by atoms with Crippen molar-refractivity contribution in [3.8, 4) is 0 Å². The van der Waals surface area contributed by atoms with Gasteiger partial charge in [0.15, 0.2) is 0 Å². The van der Waals surface area contributed by atoms with E-state index < -0.39 is 0 Å². The molecule has 0 atom stereocenters. The monoisotopic (exact) mass is 176 g/mol. The van der Waals surface area contributed by atoms with Gasteiger partial charge in [-0.2, -0.15) is 0 Å². The highest BCUT2D eigenvalue weighted by Gasteiger charge is 2.05. The fraction of sp³-hybridized carbons (Fsp3) is 0.500. The minimum Gasteiger partial charge on any atom is -0.301 e. The van der Waals surface area contributed by atoms with E-state index in [-0.39, 0.29) is 0 Å². The van der Waals surface area contributed by atoms with Crippen LogP contribution in [0.25, 0.3) is 0 Å². The molecule has 71 valence electrons. The van der Waals surface area contributed by atoms with E-state index in [0.29, 0.717) is 17.5 Å². The zero-order chi connectivity index (χ0) is 10.0. The van der Waals surface area contributed by atoms with Crippen LogP contribution in [0.15, 0.2) is 18.2 Å². The van der Waals surface area contributed by atoms with E-state index in [1.807, 2.05) is 12.1 Å². The van der Waals surface area contributed by atoms with Gasteiger partial charge in [-0.05, 0) is 35.1 Å². The second-order valence-electron chi connectivity index (χ2n) is 4.20. The lowest BCUT2D eigenvalue weighted by Crippen LogP contribution is -1.93. The quantitative estimate of drug-likeness (QED) is 0.653. The molecule has 0 fully saturated rings. The molecule has 0 aliphatic heterocycles. The number of hydrogen-bond acceptors (Lipinski definition) is 0. The van der Waals surface area contributed by atoms with Crippen molar-refractivity contribution in [3.63, 3.8) is 0 Å². The highest BCUT2D eigenvalue weighted by atomic mass is 14.5. The summed E-state index contributed by atoms with van der Waals surface area (Å²) < 4.78 is 0. The Kier molecular flexibility index (Phi) is 2.97. The Hall–Kier alpha value is -0.980. The zero-order valence-electron chi connectivity index (χ0n) is 8.89. The van der Waals surface area contributed by atoms with E-state index in [0.717, 1.165) is 0 Å². The molecule has 1 aromatic rings. The fourth-order valence-electron chi connectivity index (χ4n) is 1.34. The predicted molar refractivity (Wildman–Crippen MR) is 57.4 cm³/mol. The first-order valence-corrected chi connectivity index (χ1v) is 4.87. The Bertz CT molecular complexity index is 261. The second-order valence-corrected chi connectivity index (χ2v) is 4.20. The molecule has 0 spiro atoms. The molecular formula is C12H18N. The van der Waals surface area contributed by atoms with Crippen LogP contribution in [0.5, 0.6) is 0 Å². The third kappa shape index (κ3) is 2.48. The Morgan fingerprint density at radius 3 is 1.54 bits per heavy atom. The molecule has 1 aromatic carbocycles. The van der Waals surface area contributed by atoms with E-state index in [2.05, 4.69) is 33.8 Å². The summed E-state index contributed by atoms with van der Waals surface area (Å²) in [6.45, 7) is 8.66. The standard InChI is InChI=1S/C12H18N/c1-8(2)10-5-11(9(3)4)7-12(13)6-10/h5-9,13H,1-4H3. The van der Waals surface area contributed by atoms with Gasteiger partial charge in [0.2, 0.25) is 0 Å². The molecule has 1 radical (unpaired) electrons. The summed E-state index contributed by atoms with van der Waals surface area (Å²) in [5.41, 5.74) is 10.8. The Morgan fingerprint density at radius 2 is 1.23 bits per heavy atom. The Balaban J connectivity index is 3.11. The van der Waals surface area contributed by atoms with E-state index in [4.69, 9.17) is 5.73 Å². The molecule has 1 N–H and O–H groups in total. The van der Waals surface area contributed by atoms with Crippen LogP contribution in [-0.2, 0) is 0 Å². The van der Waals surface area contributed by atoms with Gasteiger partial charge in [0, 0.05) is 0 Å². The van der Waals surface area contributed by atoms with E-state index in [1.54, 1.807) is 0 Å². The van der Waals surface area contributed by atoms with Crippen LogP contribution in [0.2, 0.25) is 0 Å². The Labute approximate surface area is 81.0 Å². The van der Waals surface area contributed by atoms with E-state index in [1.165, 1.54) is 11.1 Å². The van der Waals surface area contributed by atoms with Crippen LogP contribution in [0.4, 0.5) is 5.69 Å². The fourth-order valence-corrected chi connectivity index (χ4v) is 1.34. The summed E-state index contributed by atoms with van der Waals surface area (Å²) >= 11 is 0. The number of benzene rings is 1. The average molecular weight is 176 g/mol. The topological polar surface area (TPSA) is 23.8 Å². The highest BCUT2D eigenvalue weighted by Crippen LogP contribution is 2.24. The molecule has 0 saturated carbocycles. The van der Waals surface area contributed by atoms with Crippen molar-refractivity contribution in [2.24, 2.45) is 0 Å².